The SMILES string of the molecule is CC(=NNc1nc(-c2ccc(Cl)cc2)cs1)c1ccc(C)o1. The monoisotopic (exact) mass is 331 g/mol. The highest BCUT2D eigenvalue weighted by atomic mass is 35.5. The lowest BCUT2D eigenvalue weighted by atomic mass is 10.2. The maximum atomic E-state index is 5.89. The van der Waals surface area contributed by atoms with Gasteiger partial charge in [-0.05, 0) is 38.1 Å². The molecule has 4 nitrogen and oxygen atoms in total. The molecule has 3 rings (SSSR count). The van der Waals surface area contributed by atoms with Crippen molar-refractivity contribution in [1.29, 1.82) is 0 Å². The van der Waals surface area contributed by atoms with Crippen LogP contribution in [0, 0.1) is 6.92 Å². The van der Waals surface area contributed by atoms with Crippen LogP contribution in [0.4, 0.5) is 5.13 Å². The lowest BCUT2D eigenvalue weighted by molar-refractivity contribution is 0.525. The predicted octanol–water partition coefficient (Wildman–Crippen LogP) is 5.20. The molecule has 0 radical (unpaired) electrons. The van der Waals surface area contributed by atoms with Crippen LogP contribution in [-0.4, -0.2) is 10.7 Å². The third kappa shape index (κ3) is 3.37. The van der Waals surface area contributed by atoms with E-state index in [0.717, 1.165) is 33.6 Å². The first kappa shape index (κ1) is 14.8. The summed E-state index contributed by atoms with van der Waals surface area (Å²) < 4.78 is 5.52. The van der Waals surface area contributed by atoms with Crippen LogP contribution >= 0.6 is 22.9 Å². The van der Waals surface area contributed by atoms with Gasteiger partial charge in [0.2, 0.25) is 5.13 Å². The van der Waals surface area contributed by atoms with Gasteiger partial charge >= 0.3 is 0 Å². The molecule has 3 aromatic rings. The van der Waals surface area contributed by atoms with Crippen LogP contribution in [-0.2, 0) is 0 Å². The minimum Gasteiger partial charge on any atom is -0.460 e. The molecule has 22 heavy (non-hydrogen) atoms. The van der Waals surface area contributed by atoms with Gasteiger partial charge in [0.15, 0.2) is 0 Å². The molecular formula is C16H14ClN3OS. The molecule has 0 aliphatic rings. The Morgan fingerprint density at radius 3 is 2.68 bits per heavy atom. The van der Waals surface area contributed by atoms with E-state index in [9.17, 15) is 0 Å². The van der Waals surface area contributed by atoms with E-state index in [4.69, 9.17) is 16.0 Å². The number of rotatable bonds is 4. The van der Waals surface area contributed by atoms with Crippen molar-refractivity contribution in [2.45, 2.75) is 13.8 Å². The Labute approximate surface area is 137 Å². The molecule has 0 aliphatic heterocycles. The third-order valence-corrected chi connectivity index (χ3v) is 4.06. The number of hydrogen-bond acceptors (Lipinski definition) is 5. The number of hydrogen-bond donors (Lipinski definition) is 1. The summed E-state index contributed by atoms with van der Waals surface area (Å²) in [6.45, 7) is 3.79. The van der Waals surface area contributed by atoms with E-state index in [-0.39, 0.29) is 0 Å². The largest absolute Gasteiger partial charge is 0.460 e. The second-order valence-electron chi connectivity index (χ2n) is 4.76. The van der Waals surface area contributed by atoms with Crippen molar-refractivity contribution in [3.05, 3.63) is 58.3 Å². The topological polar surface area (TPSA) is 50.4 Å². The van der Waals surface area contributed by atoms with E-state index in [1.54, 1.807) is 0 Å². The van der Waals surface area contributed by atoms with Crippen LogP contribution in [0.15, 0.2) is 51.3 Å². The van der Waals surface area contributed by atoms with Crippen LogP contribution < -0.4 is 5.43 Å². The van der Waals surface area contributed by atoms with Gasteiger partial charge in [0, 0.05) is 16.0 Å². The summed E-state index contributed by atoms with van der Waals surface area (Å²) in [6.07, 6.45) is 0. The number of aromatic nitrogens is 1. The minimum absolute atomic E-state index is 0.714. The van der Waals surface area contributed by atoms with E-state index in [1.165, 1.54) is 11.3 Å². The number of benzene rings is 1. The zero-order chi connectivity index (χ0) is 15.5. The first-order valence-electron chi connectivity index (χ1n) is 6.70. The second-order valence-corrected chi connectivity index (χ2v) is 6.06. The summed E-state index contributed by atoms with van der Waals surface area (Å²) in [5, 5.41) is 7.72. The number of thiazole rings is 1. The summed E-state index contributed by atoms with van der Waals surface area (Å²) in [6, 6.07) is 11.4. The highest BCUT2D eigenvalue weighted by Crippen LogP contribution is 2.26. The summed E-state index contributed by atoms with van der Waals surface area (Å²) in [4.78, 5) is 4.51. The zero-order valence-electron chi connectivity index (χ0n) is 12.1. The van der Waals surface area contributed by atoms with E-state index >= 15 is 0 Å². The van der Waals surface area contributed by atoms with Crippen LogP contribution in [0.25, 0.3) is 11.3 Å². The van der Waals surface area contributed by atoms with Gasteiger partial charge in [0.1, 0.15) is 17.2 Å². The van der Waals surface area contributed by atoms with Crippen molar-refractivity contribution in [2.75, 3.05) is 5.43 Å². The van der Waals surface area contributed by atoms with Crippen LogP contribution in [0.3, 0.4) is 0 Å². The molecule has 0 amide bonds. The lowest BCUT2D eigenvalue weighted by Gasteiger charge is -1.98. The third-order valence-electron chi connectivity index (χ3n) is 3.06. The standard InChI is InChI=1S/C16H14ClN3OS/c1-10-3-8-15(21-10)11(2)19-20-16-18-14(9-22-16)12-4-6-13(17)7-5-12/h3-9H,1-2H3,(H,18,20). The molecule has 2 aromatic heterocycles. The maximum absolute atomic E-state index is 5.89. The molecular weight excluding hydrogens is 318 g/mol. The summed E-state index contributed by atoms with van der Waals surface area (Å²) in [5.41, 5.74) is 5.66. The van der Waals surface area contributed by atoms with Crippen molar-refractivity contribution in [3.8, 4) is 11.3 Å². The number of nitrogens with one attached hydrogen (secondary N) is 1. The van der Waals surface area contributed by atoms with Gasteiger partial charge in [-0.25, -0.2) is 4.98 Å². The second kappa shape index (κ2) is 6.34. The van der Waals surface area contributed by atoms with Crippen LogP contribution in [0.1, 0.15) is 18.4 Å². The molecule has 6 heteroatoms. The Bertz CT molecular complexity index is 805. The first-order valence-corrected chi connectivity index (χ1v) is 7.96. The minimum atomic E-state index is 0.714. The number of hydrazone groups is 1. The van der Waals surface area contributed by atoms with E-state index in [1.807, 2.05) is 55.6 Å². The van der Waals surface area contributed by atoms with Crippen LogP contribution in [0.5, 0.6) is 0 Å². The Hall–Kier alpha value is -2.11. The van der Waals surface area contributed by atoms with Crippen molar-refractivity contribution in [2.24, 2.45) is 5.10 Å². The fraction of sp³-hybridized carbons (Fsp3) is 0.125. The zero-order valence-corrected chi connectivity index (χ0v) is 13.7. The molecule has 0 bridgehead atoms. The molecule has 0 fully saturated rings. The first-order chi connectivity index (χ1) is 10.6. The van der Waals surface area contributed by atoms with Gasteiger partial charge in [-0.1, -0.05) is 23.7 Å². The molecule has 1 aromatic carbocycles. The number of furan rings is 1. The smallest absolute Gasteiger partial charge is 0.203 e. The van der Waals surface area contributed by atoms with E-state index in [2.05, 4.69) is 15.5 Å². The molecule has 112 valence electrons. The van der Waals surface area contributed by atoms with Crippen molar-refractivity contribution in [3.63, 3.8) is 0 Å². The maximum Gasteiger partial charge on any atom is 0.203 e. The molecule has 0 aliphatic carbocycles. The Kier molecular flexibility index (Phi) is 4.27. The average Bonchev–Trinajstić information content (AvgIpc) is 3.15. The van der Waals surface area contributed by atoms with Gasteiger partial charge in [0.05, 0.1) is 5.69 Å². The van der Waals surface area contributed by atoms with E-state index < -0.39 is 0 Å². The number of aryl methyl sites for hydroxylation is 1. The van der Waals surface area contributed by atoms with Gasteiger partial charge in [0.25, 0.3) is 0 Å². The fourth-order valence-electron chi connectivity index (χ4n) is 1.89. The van der Waals surface area contributed by atoms with Crippen molar-refractivity contribution in [1.82, 2.24) is 4.98 Å². The van der Waals surface area contributed by atoms with Gasteiger partial charge in [-0.15, -0.1) is 11.3 Å². The number of nitrogens with zero attached hydrogens (tertiary/aromatic N) is 2. The molecule has 2 heterocycles. The Morgan fingerprint density at radius 2 is 2.00 bits per heavy atom. The molecule has 0 saturated carbocycles. The van der Waals surface area contributed by atoms with Crippen molar-refractivity contribution >= 4 is 33.8 Å². The molecule has 0 saturated heterocycles. The highest BCUT2D eigenvalue weighted by molar-refractivity contribution is 7.14. The molecule has 0 spiro atoms. The fourth-order valence-corrected chi connectivity index (χ4v) is 2.68. The van der Waals surface area contributed by atoms with Gasteiger partial charge in [-0.2, -0.15) is 5.10 Å². The predicted molar refractivity (Wildman–Crippen MR) is 91.8 cm³/mol. The highest BCUT2D eigenvalue weighted by Gasteiger charge is 2.06. The normalized spacial score (nSPS) is 11.7. The summed E-state index contributed by atoms with van der Waals surface area (Å²) >= 11 is 7.39. The molecule has 0 unspecified atom stereocenters. The van der Waals surface area contributed by atoms with Crippen molar-refractivity contribution < 1.29 is 4.42 Å². The molecule has 1 N–H and O–H groups in total. The number of halogens is 1. The Balaban J connectivity index is 1.73. The summed E-state index contributed by atoms with van der Waals surface area (Å²) in [5.74, 6) is 1.61. The average molecular weight is 332 g/mol. The number of anilines is 1. The quantitative estimate of drug-likeness (QED) is 0.528. The molecule has 0 atom stereocenters. The van der Waals surface area contributed by atoms with Gasteiger partial charge < -0.3 is 4.42 Å². The van der Waals surface area contributed by atoms with E-state index in [0.29, 0.717) is 5.02 Å². The Morgan fingerprint density at radius 1 is 1.23 bits per heavy atom. The van der Waals surface area contributed by atoms with Gasteiger partial charge in [-0.3, -0.25) is 5.43 Å². The lowest BCUT2D eigenvalue weighted by Crippen LogP contribution is -1.97. The summed E-state index contributed by atoms with van der Waals surface area (Å²) in [7, 11) is 0. The van der Waals surface area contributed by atoms with Crippen LogP contribution in [0.2, 0.25) is 5.02 Å².